The lowest BCUT2D eigenvalue weighted by Crippen LogP contribution is -2.23. The third-order valence-electron chi connectivity index (χ3n) is 2.57. The summed E-state index contributed by atoms with van der Waals surface area (Å²) in [4.78, 5) is 23.0. The van der Waals surface area contributed by atoms with Gasteiger partial charge in [-0.05, 0) is 24.3 Å². The van der Waals surface area contributed by atoms with Gasteiger partial charge in [0.15, 0.2) is 11.2 Å². The van der Waals surface area contributed by atoms with Gasteiger partial charge in [0.25, 0.3) is 5.56 Å². The van der Waals surface area contributed by atoms with Crippen LogP contribution in [0.15, 0.2) is 39.9 Å². The minimum absolute atomic E-state index is 0.113. The molecule has 0 aliphatic carbocycles. The maximum Gasteiger partial charge on any atom is 0.285 e. The van der Waals surface area contributed by atoms with Crippen molar-refractivity contribution in [3.8, 4) is 5.69 Å². The second kappa shape index (κ2) is 3.95. The van der Waals surface area contributed by atoms with Crippen LogP contribution in [-0.4, -0.2) is 19.5 Å². The number of hydrogen-bond donors (Lipinski definition) is 2. The number of nitrogens with one attached hydrogen (secondary N) is 1. The molecular weight excluding hydrogens is 298 g/mol. The van der Waals surface area contributed by atoms with Crippen molar-refractivity contribution in [2.24, 2.45) is 0 Å². The molecule has 3 aromatic rings. The Morgan fingerprint density at radius 1 is 1.28 bits per heavy atom. The third-order valence-corrected chi connectivity index (χ3v) is 3.10. The topological polar surface area (TPSA) is 89.6 Å². The van der Waals surface area contributed by atoms with E-state index in [2.05, 4.69) is 30.9 Å². The number of benzene rings is 1. The number of hydrogen-bond acceptors (Lipinski definition) is 4. The summed E-state index contributed by atoms with van der Waals surface area (Å²) in [5.41, 5.74) is 6.86. The normalized spacial score (nSPS) is 10.9. The van der Waals surface area contributed by atoms with Crippen LogP contribution < -0.4 is 11.3 Å². The zero-order chi connectivity index (χ0) is 12.7. The standard InChI is InChI=1S/C11H8BrN5O/c12-6-1-3-7(4-2-6)17-10(18)8-9(15-5-14-8)16-11(17)13/h1-5H,(H2,13,16)(H,14,15). The second-order valence-electron chi connectivity index (χ2n) is 3.69. The van der Waals surface area contributed by atoms with E-state index in [4.69, 9.17) is 5.73 Å². The monoisotopic (exact) mass is 305 g/mol. The van der Waals surface area contributed by atoms with E-state index in [1.54, 1.807) is 12.1 Å². The fourth-order valence-electron chi connectivity index (χ4n) is 1.74. The number of rotatable bonds is 1. The number of fused-ring (bicyclic) bond motifs is 1. The van der Waals surface area contributed by atoms with Gasteiger partial charge in [0.2, 0.25) is 5.95 Å². The minimum atomic E-state index is -0.266. The maximum atomic E-state index is 12.3. The number of aromatic nitrogens is 4. The Morgan fingerprint density at radius 3 is 2.72 bits per heavy atom. The van der Waals surface area contributed by atoms with E-state index in [9.17, 15) is 4.79 Å². The highest BCUT2D eigenvalue weighted by atomic mass is 79.9. The summed E-state index contributed by atoms with van der Waals surface area (Å²) in [6.45, 7) is 0. The zero-order valence-electron chi connectivity index (χ0n) is 9.09. The summed E-state index contributed by atoms with van der Waals surface area (Å²) >= 11 is 3.34. The third kappa shape index (κ3) is 1.60. The van der Waals surface area contributed by atoms with E-state index in [-0.39, 0.29) is 11.5 Å². The van der Waals surface area contributed by atoms with Crippen LogP contribution in [0.1, 0.15) is 0 Å². The van der Waals surface area contributed by atoms with Crippen molar-refractivity contribution in [1.29, 1.82) is 0 Å². The quantitative estimate of drug-likeness (QED) is 0.712. The molecule has 0 unspecified atom stereocenters. The Kier molecular flexibility index (Phi) is 2.41. The van der Waals surface area contributed by atoms with E-state index < -0.39 is 0 Å². The summed E-state index contributed by atoms with van der Waals surface area (Å²) in [6, 6.07) is 7.23. The van der Waals surface area contributed by atoms with E-state index in [1.165, 1.54) is 10.9 Å². The van der Waals surface area contributed by atoms with Crippen LogP contribution in [0.25, 0.3) is 16.9 Å². The van der Waals surface area contributed by atoms with E-state index in [0.29, 0.717) is 16.9 Å². The van der Waals surface area contributed by atoms with Gasteiger partial charge < -0.3 is 10.7 Å². The van der Waals surface area contributed by atoms with Crippen molar-refractivity contribution in [3.63, 3.8) is 0 Å². The number of nitrogen functional groups attached to an aromatic ring is 1. The number of nitrogens with zero attached hydrogens (tertiary/aromatic N) is 3. The molecule has 0 spiro atoms. The molecular formula is C11H8BrN5O. The van der Waals surface area contributed by atoms with Gasteiger partial charge in [-0.3, -0.25) is 4.79 Å². The fourth-order valence-corrected chi connectivity index (χ4v) is 2.01. The summed E-state index contributed by atoms with van der Waals surface area (Å²) in [5.74, 6) is 0.113. The average Bonchev–Trinajstić information content (AvgIpc) is 2.80. The highest BCUT2D eigenvalue weighted by Gasteiger charge is 2.11. The van der Waals surface area contributed by atoms with Gasteiger partial charge in [0, 0.05) is 4.47 Å². The molecule has 3 rings (SSSR count). The molecule has 2 aromatic heterocycles. The predicted molar refractivity (Wildman–Crippen MR) is 71.6 cm³/mol. The summed E-state index contributed by atoms with van der Waals surface area (Å²) in [6.07, 6.45) is 1.42. The zero-order valence-corrected chi connectivity index (χ0v) is 10.7. The number of imidazole rings is 1. The van der Waals surface area contributed by atoms with Gasteiger partial charge >= 0.3 is 0 Å². The molecule has 1 aromatic carbocycles. The molecule has 0 atom stereocenters. The summed E-state index contributed by atoms with van der Waals surface area (Å²) in [5, 5.41) is 0. The SMILES string of the molecule is Nc1nc2nc[nH]c2c(=O)n1-c1ccc(Br)cc1. The number of nitrogens with two attached hydrogens (primary N) is 1. The molecule has 0 radical (unpaired) electrons. The van der Waals surface area contributed by atoms with Crippen molar-refractivity contribution in [3.05, 3.63) is 45.4 Å². The van der Waals surface area contributed by atoms with Crippen molar-refractivity contribution in [2.75, 3.05) is 5.73 Å². The van der Waals surface area contributed by atoms with E-state index in [0.717, 1.165) is 4.47 Å². The first-order valence-corrected chi connectivity index (χ1v) is 5.93. The number of aromatic amines is 1. The van der Waals surface area contributed by atoms with Crippen LogP contribution in [0, 0.1) is 0 Å². The molecule has 0 fully saturated rings. The van der Waals surface area contributed by atoms with Gasteiger partial charge in [-0.25, -0.2) is 9.55 Å². The van der Waals surface area contributed by atoms with Crippen molar-refractivity contribution in [1.82, 2.24) is 19.5 Å². The Morgan fingerprint density at radius 2 is 2.00 bits per heavy atom. The molecule has 0 aliphatic rings. The number of halogens is 1. The minimum Gasteiger partial charge on any atom is -0.369 e. The molecule has 0 saturated heterocycles. The second-order valence-corrected chi connectivity index (χ2v) is 4.60. The smallest absolute Gasteiger partial charge is 0.285 e. The summed E-state index contributed by atoms with van der Waals surface area (Å²) < 4.78 is 2.26. The van der Waals surface area contributed by atoms with Crippen LogP contribution >= 0.6 is 15.9 Å². The van der Waals surface area contributed by atoms with Crippen LogP contribution in [-0.2, 0) is 0 Å². The van der Waals surface area contributed by atoms with Gasteiger partial charge in [0.05, 0.1) is 12.0 Å². The van der Waals surface area contributed by atoms with Crippen LogP contribution in [0.3, 0.4) is 0 Å². The molecule has 0 bridgehead atoms. The average molecular weight is 306 g/mol. The van der Waals surface area contributed by atoms with Crippen LogP contribution in [0.5, 0.6) is 0 Å². The molecule has 0 amide bonds. The lowest BCUT2D eigenvalue weighted by Gasteiger charge is -2.08. The Labute approximate surface area is 110 Å². The first kappa shape index (κ1) is 11.0. The summed E-state index contributed by atoms with van der Waals surface area (Å²) in [7, 11) is 0. The lowest BCUT2D eigenvalue weighted by molar-refractivity contribution is 0.976. The van der Waals surface area contributed by atoms with Crippen molar-refractivity contribution >= 4 is 33.0 Å². The molecule has 3 N–H and O–H groups in total. The van der Waals surface area contributed by atoms with Crippen LogP contribution in [0.2, 0.25) is 0 Å². The van der Waals surface area contributed by atoms with Gasteiger partial charge in [0.1, 0.15) is 0 Å². The van der Waals surface area contributed by atoms with Crippen LogP contribution in [0.4, 0.5) is 5.95 Å². The number of H-pyrrole nitrogens is 1. The first-order valence-electron chi connectivity index (χ1n) is 5.14. The Hall–Kier alpha value is -2.15. The van der Waals surface area contributed by atoms with E-state index in [1.807, 2.05) is 12.1 Å². The molecule has 2 heterocycles. The lowest BCUT2D eigenvalue weighted by atomic mass is 10.3. The molecule has 6 nitrogen and oxygen atoms in total. The van der Waals surface area contributed by atoms with E-state index >= 15 is 0 Å². The largest absolute Gasteiger partial charge is 0.369 e. The maximum absolute atomic E-state index is 12.3. The van der Waals surface area contributed by atoms with Gasteiger partial charge in [-0.15, -0.1) is 0 Å². The number of anilines is 1. The first-order chi connectivity index (χ1) is 8.66. The highest BCUT2D eigenvalue weighted by molar-refractivity contribution is 9.10. The van der Waals surface area contributed by atoms with Gasteiger partial charge in [-0.1, -0.05) is 15.9 Å². The fraction of sp³-hybridized carbons (Fsp3) is 0. The molecule has 7 heteroatoms. The Balaban J connectivity index is 2.34. The van der Waals surface area contributed by atoms with Gasteiger partial charge in [-0.2, -0.15) is 4.98 Å². The highest BCUT2D eigenvalue weighted by Crippen LogP contribution is 2.15. The molecule has 0 saturated carbocycles. The molecule has 90 valence electrons. The van der Waals surface area contributed by atoms with Crippen molar-refractivity contribution in [2.45, 2.75) is 0 Å². The van der Waals surface area contributed by atoms with Crippen molar-refractivity contribution < 1.29 is 0 Å². The predicted octanol–water partition coefficient (Wildman–Crippen LogP) is 1.45. The molecule has 0 aliphatic heterocycles. The molecule has 18 heavy (non-hydrogen) atoms. The Bertz CT molecular complexity index is 774.